The Hall–Kier alpha value is -1.51. The van der Waals surface area contributed by atoms with E-state index >= 15 is 0 Å². The third kappa shape index (κ3) is 2.94. The Morgan fingerprint density at radius 3 is 2.42 bits per heavy atom. The monoisotopic (exact) mass is 353 g/mol. The molecule has 1 aromatic rings. The number of ether oxygens (including phenoxy) is 1. The average Bonchev–Trinajstić information content (AvgIpc) is 2.61. The molecule has 0 unspecified atom stereocenters. The minimum Gasteiger partial charge on any atom is -0.369 e. The summed E-state index contributed by atoms with van der Waals surface area (Å²) >= 11 is 0. The molecular formula is C16H23N3O4S. The molecule has 0 aromatic carbocycles. The second-order valence-corrected chi connectivity index (χ2v) is 8.42. The molecule has 24 heavy (non-hydrogen) atoms. The maximum Gasteiger partial charge on any atom is 0.255 e. The van der Waals surface area contributed by atoms with Crippen LogP contribution in [0.15, 0.2) is 24.5 Å². The smallest absolute Gasteiger partial charge is 0.255 e. The molecule has 0 bridgehead atoms. The molecule has 1 amide bonds. The van der Waals surface area contributed by atoms with E-state index in [-0.39, 0.29) is 23.7 Å². The lowest BCUT2D eigenvalue weighted by Gasteiger charge is -2.52. The number of amides is 1. The summed E-state index contributed by atoms with van der Waals surface area (Å²) in [6, 6.07) is 3.72. The van der Waals surface area contributed by atoms with Gasteiger partial charge in [-0.2, -0.15) is 0 Å². The van der Waals surface area contributed by atoms with E-state index in [1.807, 2.05) is 17.0 Å². The summed E-state index contributed by atoms with van der Waals surface area (Å²) in [5.41, 5.74) is 1.00. The van der Waals surface area contributed by atoms with Crippen LogP contribution in [0.5, 0.6) is 0 Å². The Kier molecular flexibility index (Phi) is 4.89. The molecular weight excluding hydrogens is 330 g/mol. The number of β-lactam (4-membered cyclic amide) rings is 1. The second kappa shape index (κ2) is 6.78. The standard InChI is InChI=1S/C16H23N3O4S/c1-3-24(21,22)18-10-6-13(7-11-18)19-14(15(23-2)16(19)20)12-4-8-17-9-5-12/h4-5,8-9,13-15H,3,6-7,10-11H2,1-2H3/t14-,15+/m0/s1. The van der Waals surface area contributed by atoms with Crippen molar-refractivity contribution in [2.45, 2.75) is 38.0 Å². The van der Waals surface area contributed by atoms with Gasteiger partial charge in [0.15, 0.2) is 6.10 Å². The Labute approximate surface area is 142 Å². The molecule has 1 aromatic heterocycles. The van der Waals surface area contributed by atoms with Crippen LogP contribution >= 0.6 is 0 Å². The number of carbonyl (C=O) groups excluding carboxylic acids is 1. The molecule has 3 heterocycles. The largest absolute Gasteiger partial charge is 0.369 e. The lowest BCUT2D eigenvalue weighted by atomic mass is 9.87. The highest BCUT2D eigenvalue weighted by Crippen LogP contribution is 2.40. The van der Waals surface area contributed by atoms with Crippen LogP contribution in [0.3, 0.4) is 0 Å². The zero-order valence-electron chi connectivity index (χ0n) is 14.0. The van der Waals surface area contributed by atoms with Crippen LogP contribution in [0.2, 0.25) is 0 Å². The molecule has 0 N–H and O–H groups in total. The van der Waals surface area contributed by atoms with Gasteiger partial charge in [0.25, 0.3) is 5.91 Å². The Balaban J connectivity index is 1.73. The molecule has 2 aliphatic rings. The van der Waals surface area contributed by atoms with Crippen molar-refractivity contribution in [2.24, 2.45) is 0 Å². The maximum absolute atomic E-state index is 12.5. The first-order valence-corrected chi connectivity index (χ1v) is 9.83. The number of piperidine rings is 1. The number of methoxy groups -OCH3 is 1. The van der Waals surface area contributed by atoms with Gasteiger partial charge in [-0.15, -0.1) is 0 Å². The first-order chi connectivity index (χ1) is 11.5. The van der Waals surface area contributed by atoms with E-state index in [1.165, 1.54) is 4.31 Å². The normalized spacial score (nSPS) is 26.4. The third-order valence-corrected chi connectivity index (χ3v) is 6.84. The number of hydrogen-bond acceptors (Lipinski definition) is 5. The van der Waals surface area contributed by atoms with Gasteiger partial charge in [-0.05, 0) is 37.5 Å². The van der Waals surface area contributed by atoms with Crippen molar-refractivity contribution in [3.8, 4) is 0 Å². The number of hydrogen-bond donors (Lipinski definition) is 0. The highest BCUT2D eigenvalue weighted by Gasteiger charge is 2.51. The fourth-order valence-corrected chi connectivity index (χ4v) is 4.73. The summed E-state index contributed by atoms with van der Waals surface area (Å²) in [5.74, 6) is 0.0993. The predicted molar refractivity (Wildman–Crippen MR) is 88.7 cm³/mol. The van der Waals surface area contributed by atoms with E-state index in [2.05, 4.69) is 4.98 Å². The second-order valence-electron chi connectivity index (χ2n) is 6.16. The fourth-order valence-electron chi connectivity index (χ4n) is 3.60. The topological polar surface area (TPSA) is 79.8 Å². The van der Waals surface area contributed by atoms with Gasteiger partial charge in [0.1, 0.15) is 0 Å². The van der Waals surface area contributed by atoms with Crippen LogP contribution in [0, 0.1) is 0 Å². The first-order valence-electron chi connectivity index (χ1n) is 8.22. The van der Waals surface area contributed by atoms with Gasteiger partial charge in [-0.3, -0.25) is 9.78 Å². The minimum absolute atomic E-state index is 0.0175. The van der Waals surface area contributed by atoms with Gasteiger partial charge in [0.05, 0.1) is 11.8 Å². The van der Waals surface area contributed by atoms with E-state index in [0.29, 0.717) is 25.9 Å². The zero-order valence-corrected chi connectivity index (χ0v) is 14.8. The molecule has 2 aliphatic heterocycles. The summed E-state index contributed by atoms with van der Waals surface area (Å²) in [6.07, 6.45) is 4.26. The number of nitrogens with zero attached hydrogens (tertiary/aromatic N) is 3. The van der Waals surface area contributed by atoms with Gasteiger partial charge >= 0.3 is 0 Å². The van der Waals surface area contributed by atoms with E-state index in [4.69, 9.17) is 4.74 Å². The van der Waals surface area contributed by atoms with Crippen LogP contribution in [0.1, 0.15) is 31.4 Å². The summed E-state index contributed by atoms with van der Waals surface area (Å²) < 4.78 is 30.9. The van der Waals surface area contributed by atoms with Crippen LogP contribution in [0.4, 0.5) is 0 Å². The van der Waals surface area contributed by atoms with Crippen molar-refractivity contribution in [3.05, 3.63) is 30.1 Å². The van der Waals surface area contributed by atoms with E-state index in [0.717, 1.165) is 5.56 Å². The first kappa shape index (κ1) is 17.3. The van der Waals surface area contributed by atoms with E-state index in [9.17, 15) is 13.2 Å². The summed E-state index contributed by atoms with van der Waals surface area (Å²) in [7, 11) is -1.61. The molecule has 0 spiro atoms. The minimum atomic E-state index is -3.16. The summed E-state index contributed by atoms with van der Waals surface area (Å²) in [5, 5.41) is 0. The molecule has 7 nitrogen and oxygen atoms in total. The number of likely N-dealkylation sites (tertiary alicyclic amines) is 1. The highest BCUT2D eigenvalue weighted by molar-refractivity contribution is 7.89. The van der Waals surface area contributed by atoms with Crippen molar-refractivity contribution in [3.63, 3.8) is 0 Å². The zero-order chi connectivity index (χ0) is 17.3. The molecule has 3 rings (SSSR count). The molecule has 8 heteroatoms. The van der Waals surface area contributed by atoms with Crippen LogP contribution in [-0.4, -0.2) is 66.6 Å². The molecule has 132 valence electrons. The number of sulfonamides is 1. The van der Waals surface area contributed by atoms with Gasteiger partial charge in [0, 0.05) is 38.6 Å². The summed E-state index contributed by atoms with van der Waals surface area (Å²) in [6.45, 7) is 2.58. The van der Waals surface area contributed by atoms with Gasteiger partial charge in [-0.1, -0.05) is 0 Å². The van der Waals surface area contributed by atoms with E-state index in [1.54, 1.807) is 26.4 Å². The van der Waals surface area contributed by atoms with Crippen LogP contribution in [-0.2, 0) is 19.6 Å². The predicted octanol–water partition coefficient (Wildman–Crippen LogP) is 0.794. The van der Waals surface area contributed by atoms with Crippen LogP contribution < -0.4 is 0 Å². The van der Waals surface area contributed by atoms with Gasteiger partial charge in [0.2, 0.25) is 10.0 Å². The highest BCUT2D eigenvalue weighted by atomic mass is 32.2. The van der Waals surface area contributed by atoms with Crippen molar-refractivity contribution >= 4 is 15.9 Å². The lowest BCUT2D eigenvalue weighted by molar-refractivity contribution is -0.178. The Bertz CT molecular complexity index is 687. The quantitative estimate of drug-likeness (QED) is 0.732. The maximum atomic E-state index is 12.5. The lowest BCUT2D eigenvalue weighted by Crippen LogP contribution is -2.64. The van der Waals surface area contributed by atoms with Crippen molar-refractivity contribution in [1.82, 2.24) is 14.2 Å². The van der Waals surface area contributed by atoms with Crippen molar-refractivity contribution in [1.29, 1.82) is 0 Å². The number of carbonyl (C=O) groups is 1. The third-order valence-electron chi connectivity index (χ3n) is 4.96. The van der Waals surface area contributed by atoms with Crippen molar-refractivity contribution < 1.29 is 17.9 Å². The average molecular weight is 353 g/mol. The molecule has 0 saturated carbocycles. The number of aromatic nitrogens is 1. The Morgan fingerprint density at radius 1 is 1.25 bits per heavy atom. The number of pyridine rings is 1. The molecule has 0 radical (unpaired) electrons. The summed E-state index contributed by atoms with van der Waals surface area (Å²) in [4.78, 5) is 18.3. The fraction of sp³-hybridized carbons (Fsp3) is 0.625. The van der Waals surface area contributed by atoms with Crippen molar-refractivity contribution in [2.75, 3.05) is 26.0 Å². The SMILES string of the molecule is CCS(=O)(=O)N1CCC(N2C(=O)[C@H](OC)[C@@H]2c2ccncc2)CC1. The van der Waals surface area contributed by atoms with Gasteiger partial charge < -0.3 is 9.64 Å². The van der Waals surface area contributed by atoms with E-state index < -0.39 is 16.1 Å². The molecule has 2 fully saturated rings. The van der Waals surface area contributed by atoms with Crippen LogP contribution in [0.25, 0.3) is 0 Å². The number of rotatable bonds is 5. The molecule has 0 aliphatic carbocycles. The molecule has 2 saturated heterocycles. The molecule has 2 atom stereocenters. The van der Waals surface area contributed by atoms with Gasteiger partial charge in [-0.25, -0.2) is 12.7 Å². The Morgan fingerprint density at radius 2 is 1.88 bits per heavy atom.